The van der Waals surface area contributed by atoms with Gasteiger partial charge in [0.2, 0.25) is 0 Å². The van der Waals surface area contributed by atoms with Crippen molar-refractivity contribution < 1.29 is 14.6 Å². The standard InChI is InChI=1S/C13H19ClN2O3/c1-3-4-10(17)8-15-13(18)16-11-7-9(14)5-6-12(11)19-2/h5-7,10,17H,3-4,8H2,1-2H3,(H2,15,16,18). The minimum atomic E-state index is -0.531. The largest absolute Gasteiger partial charge is 0.495 e. The normalized spacial score (nSPS) is 11.8. The van der Waals surface area contributed by atoms with Gasteiger partial charge in [-0.25, -0.2) is 4.79 Å². The van der Waals surface area contributed by atoms with Crippen LogP contribution in [-0.2, 0) is 0 Å². The van der Waals surface area contributed by atoms with Crippen LogP contribution in [0.4, 0.5) is 10.5 Å². The Balaban J connectivity index is 2.54. The summed E-state index contributed by atoms with van der Waals surface area (Å²) in [5, 5.41) is 15.2. The molecule has 2 amide bonds. The summed E-state index contributed by atoms with van der Waals surface area (Å²) in [4.78, 5) is 11.7. The number of anilines is 1. The van der Waals surface area contributed by atoms with Crippen molar-refractivity contribution in [3.8, 4) is 5.75 Å². The number of urea groups is 1. The molecule has 0 saturated heterocycles. The van der Waals surface area contributed by atoms with E-state index in [2.05, 4.69) is 10.6 Å². The first-order valence-corrected chi connectivity index (χ1v) is 6.51. The van der Waals surface area contributed by atoms with E-state index in [4.69, 9.17) is 16.3 Å². The number of ether oxygens (including phenoxy) is 1. The van der Waals surface area contributed by atoms with Crippen LogP contribution in [-0.4, -0.2) is 30.9 Å². The molecule has 6 heteroatoms. The van der Waals surface area contributed by atoms with Crippen LogP contribution in [0.15, 0.2) is 18.2 Å². The van der Waals surface area contributed by atoms with Crippen molar-refractivity contribution in [2.75, 3.05) is 19.0 Å². The van der Waals surface area contributed by atoms with Crippen molar-refractivity contribution in [1.82, 2.24) is 5.32 Å². The first kappa shape index (κ1) is 15.6. The summed E-state index contributed by atoms with van der Waals surface area (Å²) in [5.41, 5.74) is 0.484. The highest BCUT2D eigenvalue weighted by Crippen LogP contribution is 2.27. The zero-order valence-electron chi connectivity index (χ0n) is 11.1. The van der Waals surface area contributed by atoms with E-state index in [1.165, 1.54) is 7.11 Å². The van der Waals surface area contributed by atoms with Crippen molar-refractivity contribution in [3.63, 3.8) is 0 Å². The second kappa shape index (κ2) is 7.86. The van der Waals surface area contributed by atoms with Crippen LogP contribution < -0.4 is 15.4 Å². The van der Waals surface area contributed by atoms with Crippen LogP contribution in [0.3, 0.4) is 0 Å². The van der Waals surface area contributed by atoms with Crippen LogP contribution in [0.1, 0.15) is 19.8 Å². The van der Waals surface area contributed by atoms with Gasteiger partial charge in [-0.15, -0.1) is 0 Å². The summed E-state index contributed by atoms with van der Waals surface area (Å²) in [7, 11) is 1.51. The lowest BCUT2D eigenvalue weighted by Gasteiger charge is -2.13. The van der Waals surface area contributed by atoms with Crippen molar-refractivity contribution >= 4 is 23.3 Å². The van der Waals surface area contributed by atoms with Gasteiger partial charge >= 0.3 is 6.03 Å². The monoisotopic (exact) mass is 286 g/mol. The number of nitrogens with one attached hydrogen (secondary N) is 2. The Morgan fingerprint density at radius 1 is 1.53 bits per heavy atom. The van der Waals surface area contributed by atoms with E-state index in [1.54, 1.807) is 18.2 Å². The van der Waals surface area contributed by atoms with Crippen LogP contribution in [0.5, 0.6) is 5.75 Å². The molecule has 3 N–H and O–H groups in total. The number of hydrogen-bond acceptors (Lipinski definition) is 3. The molecule has 5 nitrogen and oxygen atoms in total. The molecule has 1 rings (SSSR count). The van der Waals surface area contributed by atoms with Gasteiger partial charge in [0, 0.05) is 11.6 Å². The summed E-state index contributed by atoms with van der Waals surface area (Å²) in [6, 6.07) is 4.54. The average Bonchev–Trinajstić information content (AvgIpc) is 2.37. The molecule has 1 atom stereocenters. The van der Waals surface area contributed by atoms with Crippen molar-refractivity contribution in [1.29, 1.82) is 0 Å². The Morgan fingerprint density at radius 3 is 2.89 bits per heavy atom. The maximum atomic E-state index is 11.7. The second-order valence-corrected chi connectivity index (χ2v) is 4.56. The third kappa shape index (κ3) is 5.36. The molecule has 0 heterocycles. The summed E-state index contributed by atoms with van der Waals surface area (Å²) in [5.74, 6) is 0.522. The Bertz CT molecular complexity index is 426. The molecule has 0 aliphatic carbocycles. The number of hydrogen-bond donors (Lipinski definition) is 3. The SMILES string of the molecule is CCCC(O)CNC(=O)Nc1cc(Cl)ccc1OC. The smallest absolute Gasteiger partial charge is 0.319 e. The summed E-state index contributed by atoms with van der Waals surface area (Å²) >= 11 is 5.86. The van der Waals surface area contributed by atoms with Crippen LogP contribution in [0, 0.1) is 0 Å². The maximum Gasteiger partial charge on any atom is 0.319 e. The number of methoxy groups -OCH3 is 1. The number of benzene rings is 1. The molecule has 0 aromatic heterocycles. The third-order valence-electron chi connectivity index (χ3n) is 2.53. The molecule has 0 saturated carbocycles. The Labute approximate surface area is 117 Å². The van der Waals surface area contributed by atoms with E-state index in [9.17, 15) is 9.90 Å². The van der Waals surface area contributed by atoms with Crippen LogP contribution in [0.2, 0.25) is 5.02 Å². The van der Waals surface area contributed by atoms with E-state index < -0.39 is 12.1 Å². The fraction of sp³-hybridized carbons (Fsp3) is 0.462. The first-order chi connectivity index (χ1) is 9.06. The quantitative estimate of drug-likeness (QED) is 0.753. The lowest BCUT2D eigenvalue weighted by molar-refractivity contribution is 0.162. The van der Waals surface area contributed by atoms with E-state index in [0.717, 1.165) is 6.42 Å². The molecule has 0 bridgehead atoms. The molecule has 0 fully saturated rings. The van der Waals surface area contributed by atoms with Gasteiger partial charge in [0.05, 0.1) is 18.9 Å². The molecule has 0 spiro atoms. The lowest BCUT2D eigenvalue weighted by atomic mass is 10.2. The molecule has 0 aliphatic rings. The molecule has 19 heavy (non-hydrogen) atoms. The van der Waals surface area contributed by atoms with Gasteiger partial charge in [-0.1, -0.05) is 24.9 Å². The predicted octanol–water partition coefficient (Wildman–Crippen LogP) is 2.63. The molecular weight excluding hydrogens is 268 g/mol. The first-order valence-electron chi connectivity index (χ1n) is 6.13. The van der Waals surface area contributed by atoms with Gasteiger partial charge in [-0.3, -0.25) is 0 Å². The van der Waals surface area contributed by atoms with Gasteiger partial charge < -0.3 is 20.5 Å². The zero-order chi connectivity index (χ0) is 14.3. The molecule has 1 aromatic carbocycles. The highest BCUT2D eigenvalue weighted by Gasteiger charge is 2.09. The molecule has 0 aliphatic heterocycles. The van der Waals surface area contributed by atoms with Gasteiger partial charge in [-0.05, 0) is 24.6 Å². The number of amides is 2. The maximum absolute atomic E-state index is 11.7. The highest BCUT2D eigenvalue weighted by atomic mass is 35.5. The highest BCUT2D eigenvalue weighted by molar-refractivity contribution is 6.31. The van der Waals surface area contributed by atoms with Gasteiger partial charge in [0.15, 0.2) is 0 Å². The molecule has 0 radical (unpaired) electrons. The Kier molecular flexibility index (Phi) is 6.45. The minimum absolute atomic E-state index is 0.211. The number of carbonyl (C=O) groups is 1. The van der Waals surface area contributed by atoms with Crippen molar-refractivity contribution in [3.05, 3.63) is 23.2 Å². The van der Waals surface area contributed by atoms with Gasteiger partial charge in [0.25, 0.3) is 0 Å². The summed E-state index contributed by atoms with van der Waals surface area (Å²) < 4.78 is 5.11. The number of aliphatic hydroxyl groups is 1. The molecule has 106 valence electrons. The minimum Gasteiger partial charge on any atom is -0.495 e. The fourth-order valence-electron chi connectivity index (χ4n) is 1.59. The number of rotatable bonds is 6. The van der Waals surface area contributed by atoms with E-state index in [0.29, 0.717) is 22.9 Å². The van der Waals surface area contributed by atoms with E-state index in [1.807, 2.05) is 6.92 Å². The summed E-state index contributed by atoms with van der Waals surface area (Å²) in [6.45, 7) is 2.18. The number of aliphatic hydroxyl groups excluding tert-OH is 1. The zero-order valence-corrected chi connectivity index (χ0v) is 11.8. The Morgan fingerprint density at radius 2 is 2.26 bits per heavy atom. The molecule has 1 aromatic rings. The predicted molar refractivity (Wildman–Crippen MR) is 75.9 cm³/mol. The molecule has 1 unspecified atom stereocenters. The Hall–Kier alpha value is -1.46. The third-order valence-corrected chi connectivity index (χ3v) is 2.76. The lowest BCUT2D eigenvalue weighted by Crippen LogP contribution is -2.35. The van der Waals surface area contributed by atoms with Gasteiger partial charge in [-0.2, -0.15) is 0 Å². The summed E-state index contributed by atoms with van der Waals surface area (Å²) in [6.07, 6.45) is 0.991. The molecular formula is C13H19ClN2O3. The van der Waals surface area contributed by atoms with E-state index >= 15 is 0 Å². The second-order valence-electron chi connectivity index (χ2n) is 4.12. The van der Waals surface area contributed by atoms with Crippen molar-refractivity contribution in [2.24, 2.45) is 0 Å². The number of carbonyl (C=O) groups excluding carboxylic acids is 1. The van der Waals surface area contributed by atoms with Crippen molar-refractivity contribution in [2.45, 2.75) is 25.9 Å². The number of halogens is 1. The average molecular weight is 287 g/mol. The van der Waals surface area contributed by atoms with E-state index in [-0.39, 0.29) is 6.54 Å². The topological polar surface area (TPSA) is 70.6 Å². The van der Waals surface area contributed by atoms with Gasteiger partial charge in [0.1, 0.15) is 5.75 Å². The van der Waals surface area contributed by atoms with Crippen LogP contribution in [0.25, 0.3) is 0 Å². The van der Waals surface area contributed by atoms with Crippen LogP contribution >= 0.6 is 11.6 Å². The fourth-order valence-corrected chi connectivity index (χ4v) is 1.76.